The second-order valence-corrected chi connectivity index (χ2v) is 17.6. The van der Waals surface area contributed by atoms with Crippen LogP contribution in [0.4, 0.5) is 0 Å². The Bertz CT molecular complexity index is 4040. The van der Waals surface area contributed by atoms with Gasteiger partial charge in [0.2, 0.25) is 0 Å². The molecule has 0 fully saturated rings. The predicted molar refractivity (Wildman–Crippen MR) is 264 cm³/mol. The lowest BCUT2D eigenvalue weighted by Crippen LogP contribution is -2.55. The van der Waals surface area contributed by atoms with Crippen LogP contribution in [0.3, 0.4) is 0 Å². The number of benzene rings is 11. The molecule has 0 saturated carbocycles. The minimum atomic E-state index is -0.0293. The van der Waals surface area contributed by atoms with Gasteiger partial charge in [0, 0.05) is 43.8 Å². The fourth-order valence-electron chi connectivity index (χ4n) is 12.0. The average molecular weight is 783 g/mol. The summed E-state index contributed by atoms with van der Waals surface area (Å²) in [6, 6.07) is 73.2. The minimum absolute atomic E-state index is 0.0293. The Balaban J connectivity index is 1.17. The van der Waals surface area contributed by atoms with Gasteiger partial charge in [-0.1, -0.05) is 152 Å². The van der Waals surface area contributed by atoms with Gasteiger partial charge >= 0.3 is 6.85 Å². The van der Waals surface area contributed by atoms with Crippen molar-refractivity contribution in [3.63, 3.8) is 0 Å². The van der Waals surface area contributed by atoms with Gasteiger partial charge in [0.05, 0.1) is 11.0 Å². The van der Waals surface area contributed by atoms with E-state index in [9.17, 15) is 0 Å². The maximum atomic E-state index is 2.74. The van der Waals surface area contributed by atoms with Crippen LogP contribution < -0.4 is 10.9 Å². The molecule has 0 spiro atoms. The zero-order valence-electron chi connectivity index (χ0n) is 33.9. The fourth-order valence-corrected chi connectivity index (χ4v) is 12.0. The summed E-state index contributed by atoms with van der Waals surface area (Å²) in [6.07, 6.45) is 0. The molecule has 0 aliphatic carbocycles. The van der Waals surface area contributed by atoms with E-state index in [0.717, 1.165) is 0 Å². The van der Waals surface area contributed by atoms with Gasteiger partial charge in [-0.15, -0.1) is 0 Å². The Morgan fingerprint density at radius 3 is 1.76 bits per heavy atom. The smallest absolute Gasteiger partial charge is 0.333 e. The van der Waals surface area contributed by atoms with Crippen molar-refractivity contribution in [2.75, 3.05) is 0 Å². The summed E-state index contributed by atoms with van der Waals surface area (Å²) in [5.41, 5.74) is 20.6. The van der Waals surface area contributed by atoms with Gasteiger partial charge < -0.3 is 9.05 Å². The number of rotatable bonds is 3. The number of hydrogen-bond acceptors (Lipinski definition) is 0. The molecule has 11 aromatic carbocycles. The Morgan fingerprint density at radius 2 is 1.00 bits per heavy atom. The minimum Gasteiger partial charge on any atom is -0.375 e. The Hall–Kier alpha value is -7.88. The molecule has 0 amide bonds. The summed E-state index contributed by atoms with van der Waals surface area (Å²) in [6.45, 7) is 2.37. The molecule has 2 aliphatic heterocycles. The van der Waals surface area contributed by atoms with Crippen molar-refractivity contribution in [3.05, 3.63) is 200 Å². The Kier molecular flexibility index (Phi) is 6.21. The van der Waals surface area contributed by atoms with Crippen molar-refractivity contribution in [2.24, 2.45) is 0 Å². The molecule has 2 nitrogen and oxygen atoms in total. The molecule has 3 heteroatoms. The predicted octanol–water partition coefficient (Wildman–Crippen LogP) is 14.0. The molecule has 15 rings (SSSR count). The van der Waals surface area contributed by atoms with E-state index in [1.54, 1.807) is 0 Å². The van der Waals surface area contributed by atoms with E-state index in [1.165, 1.54) is 143 Å². The van der Waals surface area contributed by atoms with Gasteiger partial charge in [-0.05, 0) is 137 Å². The molecule has 4 heterocycles. The van der Waals surface area contributed by atoms with E-state index in [4.69, 9.17) is 0 Å². The second kappa shape index (κ2) is 11.7. The number of nitrogens with zero attached hydrogens (tertiary/aromatic N) is 2. The standard InChI is InChI=1S/C59H35BN2/c1-34-46(43-30-41(35-13-4-2-5-14-35)29-42(31-43)36-15-6-3-7-16-36)33-51-57-52(34)47-32-40-18-9-11-21-45(40)56-55-44-20-10-8-17-37(44)26-28-50(55)62(58(47)56)60(57)48-27-25-39-24-23-38-19-12-22-49-53(38)54(39)59(48)61(49)51/h2-33H,1H3. The summed E-state index contributed by atoms with van der Waals surface area (Å²) < 4.78 is 5.38. The third kappa shape index (κ3) is 4.06. The van der Waals surface area contributed by atoms with E-state index in [2.05, 4.69) is 210 Å². The van der Waals surface area contributed by atoms with Crippen LogP contribution in [0.2, 0.25) is 0 Å². The van der Waals surface area contributed by atoms with Gasteiger partial charge in [-0.2, -0.15) is 0 Å². The van der Waals surface area contributed by atoms with Crippen LogP contribution in [0.25, 0.3) is 126 Å². The van der Waals surface area contributed by atoms with E-state index < -0.39 is 0 Å². The molecule has 0 atom stereocenters. The lowest BCUT2D eigenvalue weighted by atomic mass is 9.45. The molecular formula is C59H35BN2. The summed E-state index contributed by atoms with van der Waals surface area (Å²) in [7, 11) is 0. The third-order valence-corrected chi connectivity index (χ3v) is 14.6. The molecule has 0 N–H and O–H groups in total. The zero-order chi connectivity index (χ0) is 40.4. The molecule has 0 bridgehead atoms. The molecule has 62 heavy (non-hydrogen) atoms. The lowest BCUT2D eigenvalue weighted by molar-refractivity contribution is 1.17. The van der Waals surface area contributed by atoms with Gasteiger partial charge in [0.25, 0.3) is 0 Å². The van der Waals surface area contributed by atoms with Crippen LogP contribution in [0.1, 0.15) is 5.56 Å². The van der Waals surface area contributed by atoms with Crippen molar-refractivity contribution in [1.82, 2.24) is 9.05 Å². The molecule has 2 aromatic heterocycles. The van der Waals surface area contributed by atoms with Crippen LogP contribution >= 0.6 is 0 Å². The molecule has 284 valence electrons. The van der Waals surface area contributed by atoms with Crippen LogP contribution in [0.15, 0.2) is 194 Å². The highest BCUT2D eigenvalue weighted by Gasteiger charge is 2.43. The fraction of sp³-hybridized carbons (Fsp3) is 0.0169. The Morgan fingerprint density at radius 1 is 0.387 bits per heavy atom. The van der Waals surface area contributed by atoms with Crippen LogP contribution in [0, 0.1) is 6.92 Å². The van der Waals surface area contributed by atoms with Crippen molar-refractivity contribution >= 4 is 93.7 Å². The van der Waals surface area contributed by atoms with E-state index in [1.807, 2.05) is 0 Å². The summed E-state index contributed by atoms with van der Waals surface area (Å²) in [5.74, 6) is 0. The molecule has 13 aromatic rings. The maximum absolute atomic E-state index is 2.74. The molecule has 0 radical (unpaired) electrons. The van der Waals surface area contributed by atoms with E-state index >= 15 is 0 Å². The van der Waals surface area contributed by atoms with Crippen molar-refractivity contribution in [2.45, 2.75) is 6.92 Å². The monoisotopic (exact) mass is 782 g/mol. The van der Waals surface area contributed by atoms with Crippen LogP contribution in [-0.4, -0.2) is 15.9 Å². The number of hydrogen-bond donors (Lipinski definition) is 0. The van der Waals surface area contributed by atoms with Gasteiger partial charge in [-0.25, -0.2) is 0 Å². The van der Waals surface area contributed by atoms with Crippen LogP contribution in [-0.2, 0) is 0 Å². The first-order valence-corrected chi connectivity index (χ1v) is 21.8. The van der Waals surface area contributed by atoms with Crippen molar-refractivity contribution in [3.8, 4) is 50.2 Å². The van der Waals surface area contributed by atoms with E-state index in [0.29, 0.717) is 0 Å². The first kappa shape index (κ1) is 32.9. The van der Waals surface area contributed by atoms with Gasteiger partial charge in [0.15, 0.2) is 0 Å². The quantitative estimate of drug-likeness (QED) is 0.125. The van der Waals surface area contributed by atoms with Crippen molar-refractivity contribution in [1.29, 1.82) is 0 Å². The Labute approximate surface area is 358 Å². The first-order chi connectivity index (χ1) is 30.7. The second-order valence-electron chi connectivity index (χ2n) is 17.6. The number of fused-ring (bicyclic) bond motifs is 12. The molecule has 0 unspecified atom stereocenters. The van der Waals surface area contributed by atoms with Crippen molar-refractivity contribution < 1.29 is 0 Å². The molecule has 2 aliphatic rings. The largest absolute Gasteiger partial charge is 0.375 e. The third-order valence-electron chi connectivity index (χ3n) is 14.6. The van der Waals surface area contributed by atoms with Gasteiger partial charge in [0.1, 0.15) is 0 Å². The lowest BCUT2D eigenvalue weighted by Gasteiger charge is -2.36. The SMILES string of the molecule is Cc1c(-c2cc(-c3ccccc3)cc(-c3ccccc3)c2)cc2c3c1-c1cc4ccccc4c4c5c6ccccc6ccc5n(c14)B3c1ccc3ccc4cccc5c4c3c1n5-2. The number of aromatic nitrogens is 2. The van der Waals surface area contributed by atoms with E-state index in [-0.39, 0.29) is 6.85 Å². The highest BCUT2D eigenvalue weighted by atomic mass is 15.0. The summed E-state index contributed by atoms with van der Waals surface area (Å²) in [4.78, 5) is 0. The zero-order valence-corrected chi connectivity index (χ0v) is 33.9. The topological polar surface area (TPSA) is 9.86 Å². The highest BCUT2D eigenvalue weighted by molar-refractivity contribution is 6.90. The molecular weight excluding hydrogens is 747 g/mol. The maximum Gasteiger partial charge on any atom is 0.333 e. The van der Waals surface area contributed by atoms with Gasteiger partial charge in [-0.3, -0.25) is 0 Å². The summed E-state index contributed by atoms with van der Waals surface area (Å²) >= 11 is 0. The average Bonchev–Trinajstić information content (AvgIpc) is 3.88. The highest BCUT2D eigenvalue weighted by Crippen LogP contribution is 2.50. The van der Waals surface area contributed by atoms with Crippen LogP contribution in [0.5, 0.6) is 0 Å². The first-order valence-electron chi connectivity index (χ1n) is 21.8. The molecule has 0 saturated heterocycles. The normalized spacial score (nSPS) is 12.9. The summed E-state index contributed by atoms with van der Waals surface area (Å²) in [5, 5.41) is 13.2.